The molecule has 0 aromatic heterocycles. The first kappa shape index (κ1) is 22.6. The molecule has 0 aliphatic rings. The van der Waals surface area contributed by atoms with E-state index in [1.54, 1.807) is 24.3 Å². The third kappa shape index (κ3) is 7.04. The van der Waals surface area contributed by atoms with Crippen molar-refractivity contribution in [3.05, 3.63) is 64.6 Å². The summed E-state index contributed by atoms with van der Waals surface area (Å²) in [6.07, 6.45) is 1.39. The van der Waals surface area contributed by atoms with Crippen molar-refractivity contribution in [1.29, 1.82) is 0 Å². The second kappa shape index (κ2) is 10.7. The van der Waals surface area contributed by atoms with Gasteiger partial charge in [0.05, 0.1) is 11.4 Å². The minimum absolute atomic E-state index is 0.179. The highest BCUT2D eigenvalue weighted by molar-refractivity contribution is 9.10. The minimum Gasteiger partial charge on any atom is -0.355 e. The molecular weight excluding hydrogens is 440 g/mol. The van der Waals surface area contributed by atoms with E-state index in [-0.39, 0.29) is 23.9 Å². The minimum atomic E-state index is -3.77. The molecule has 0 atom stereocenters. The van der Waals surface area contributed by atoms with Gasteiger partial charge in [-0.3, -0.25) is 4.79 Å². The van der Waals surface area contributed by atoms with Gasteiger partial charge in [0.1, 0.15) is 0 Å². The highest BCUT2D eigenvalue weighted by Crippen LogP contribution is 2.19. The zero-order valence-corrected chi connectivity index (χ0v) is 18.7. The zero-order valence-electron chi connectivity index (χ0n) is 16.3. The lowest BCUT2D eigenvalue weighted by molar-refractivity contribution is -0.121. The molecule has 2 aromatic rings. The Labute approximate surface area is 176 Å². The van der Waals surface area contributed by atoms with Gasteiger partial charge in [-0.05, 0) is 48.6 Å². The Morgan fingerprint density at radius 3 is 2.32 bits per heavy atom. The van der Waals surface area contributed by atoms with Crippen molar-refractivity contribution >= 4 is 31.9 Å². The Bertz CT molecular complexity index is 853. The normalized spacial score (nSPS) is 11.8. The van der Waals surface area contributed by atoms with Crippen LogP contribution in [0.15, 0.2) is 64.0 Å². The third-order valence-electron chi connectivity index (χ3n) is 4.31. The largest absolute Gasteiger partial charge is 0.355 e. The monoisotopic (exact) mass is 466 g/mol. The molecule has 0 aliphatic carbocycles. The van der Waals surface area contributed by atoms with E-state index in [2.05, 4.69) is 35.1 Å². The van der Waals surface area contributed by atoms with Gasteiger partial charge in [0, 0.05) is 17.6 Å². The summed E-state index contributed by atoms with van der Waals surface area (Å²) >= 11 is 3.32. The molecule has 1 amide bonds. The molecule has 0 radical (unpaired) electrons. The lowest BCUT2D eigenvalue weighted by atomic mass is 10.1. The van der Waals surface area contributed by atoms with Crippen molar-refractivity contribution in [2.75, 3.05) is 19.6 Å². The molecule has 2 rings (SSSR count). The SMILES string of the molecule is CC(C)CCNC(=O)CN(CCc1ccccc1)S(=O)(=O)c1ccc(Br)cc1. The van der Waals surface area contributed by atoms with Crippen LogP contribution in [0.2, 0.25) is 0 Å². The molecule has 1 N–H and O–H groups in total. The van der Waals surface area contributed by atoms with Crippen LogP contribution in [0.25, 0.3) is 0 Å². The molecule has 0 heterocycles. The molecule has 5 nitrogen and oxygen atoms in total. The molecule has 0 saturated heterocycles. The molecule has 7 heteroatoms. The average Bonchev–Trinajstić information content (AvgIpc) is 2.66. The van der Waals surface area contributed by atoms with Crippen LogP contribution in [0.5, 0.6) is 0 Å². The second-order valence-electron chi connectivity index (χ2n) is 7.06. The first-order chi connectivity index (χ1) is 13.3. The summed E-state index contributed by atoms with van der Waals surface area (Å²) in [5.74, 6) is 0.190. The van der Waals surface area contributed by atoms with E-state index in [1.807, 2.05) is 30.3 Å². The molecule has 28 heavy (non-hydrogen) atoms. The fourth-order valence-corrected chi connectivity index (χ4v) is 4.32. The number of hydrogen-bond acceptors (Lipinski definition) is 3. The summed E-state index contributed by atoms with van der Waals surface area (Å²) in [5, 5.41) is 2.82. The second-order valence-corrected chi connectivity index (χ2v) is 9.91. The molecule has 0 saturated carbocycles. The van der Waals surface area contributed by atoms with Crippen molar-refractivity contribution < 1.29 is 13.2 Å². The highest BCUT2D eigenvalue weighted by atomic mass is 79.9. The number of amides is 1. The quantitative estimate of drug-likeness (QED) is 0.578. The highest BCUT2D eigenvalue weighted by Gasteiger charge is 2.26. The zero-order chi connectivity index (χ0) is 20.6. The molecule has 0 unspecified atom stereocenters. The lowest BCUT2D eigenvalue weighted by Crippen LogP contribution is -2.42. The van der Waals surface area contributed by atoms with Gasteiger partial charge in [-0.15, -0.1) is 0 Å². The number of carbonyl (C=O) groups excluding carboxylic acids is 1. The summed E-state index contributed by atoms with van der Waals surface area (Å²) < 4.78 is 28.3. The van der Waals surface area contributed by atoms with Gasteiger partial charge >= 0.3 is 0 Å². The van der Waals surface area contributed by atoms with Gasteiger partial charge in [-0.25, -0.2) is 8.42 Å². The summed E-state index contributed by atoms with van der Waals surface area (Å²) in [4.78, 5) is 12.5. The Kier molecular flexibility index (Phi) is 8.66. The summed E-state index contributed by atoms with van der Waals surface area (Å²) in [7, 11) is -3.77. The van der Waals surface area contributed by atoms with Crippen LogP contribution >= 0.6 is 15.9 Å². The summed E-state index contributed by atoms with van der Waals surface area (Å²) in [6.45, 7) is 4.75. The topological polar surface area (TPSA) is 66.5 Å². The molecule has 152 valence electrons. The molecule has 0 fully saturated rings. The summed E-state index contributed by atoms with van der Waals surface area (Å²) in [6, 6.07) is 16.1. The van der Waals surface area contributed by atoms with E-state index < -0.39 is 10.0 Å². The predicted octanol–water partition coefficient (Wildman–Crippen LogP) is 3.84. The average molecular weight is 467 g/mol. The van der Waals surface area contributed by atoms with E-state index in [0.29, 0.717) is 18.9 Å². The van der Waals surface area contributed by atoms with Crippen LogP contribution in [0.3, 0.4) is 0 Å². The first-order valence-electron chi connectivity index (χ1n) is 9.35. The van der Waals surface area contributed by atoms with Gasteiger partial charge < -0.3 is 5.32 Å². The van der Waals surface area contributed by atoms with E-state index in [9.17, 15) is 13.2 Å². The van der Waals surface area contributed by atoms with Crippen LogP contribution in [0.1, 0.15) is 25.8 Å². The molecule has 2 aromatic carbocycles. The van der Waals surface area contributed by atoms with E-state index in [1.165, 1.54) is 4.31 Å². The van der Waals surface area contributed by atoms with E-state index >= 15 is 0 Å². The number of carbonyl (C=O) groups is 1. The van der Waals surface area contributed by atoms with Crippen LogP contribution in [-0.2, 0) is 21.2 Å². The number of nitrogens with one attached hydrogen (secondary N) is 1. The Balaban J connectivity index is 2.14. The third-order valence-corrected chi connectivity index (χ3v) is 6.70. The smallest absolute Gasteiger partial charge is 0.243 e. The van der Waals surface area contributed by atoms with Crippen LogP contribution < -0.4 is 5.32 Å². The van der Waals surface area contributed by atoms with Crippen LogP contribution in [-0.4, -0.2) is 38.3 Å². The Hall–Kier alpha value is -1.70. The fraction of sp³-hybridized carbons (Fsp3) is 0.381. The Morgan fingerprint density at radius 2 is 1.71 bits per heavy atom. The van der Waals surface area contributed by atoms with Gasteiger partial charge in [-0.1, -0.05) is 60.1 Å². The number of benzene rings is 2. The summed E-state index contributed by atoms with van der Waals surface area (Å²) in [5.41, 5.74) is 1.03. The molecule has 0 bridgehead atoms. The van der Waals surface area contributed by atoms with Crippen molar-refractivity contribution in [3.8, 4) is 0 Å². The van der Waals surface area contributed by atoms with Gasteiger partial charge in [0.2, 0.25) is 15.9 Å². The number of rotatable bonds is 10. The van der Waals surface area contributed by atoms with Crippen LogP contribution in [0.4, 0.5) is 0 Å². The standard InChI is InChI=1S/C21H27BrN2O3S/c1-17(2)12-14-23-21(25)16-24(15-13-18-6-4-3-5-7-18)28(26,27)20-10-8-19(22)9-11-20/h3-11,17H,12-16H2,1-2H3,(H,23,25). The van der Waals surface area contributed by atoms with Gasteiger partial charge in [0.25, 0.3) is 0 Å². The van der Waals surface area contributed by atoms with Crippen molar-refractivity contribution in [2.24, 2.45) is 5.92 Å². The van der Waals surface area contributed by atoms with Crippen molar-refractivity contribution in [3.63, 3.8) is 0 Å². The van der Waals surface area contributed by atoms with E-state index in [0.717, 1.165) is 16.5 Å². The maximum atomic E-state index is 13.1. The molecule has 0 aliphatic heterocycles. The number of hydrogen-bond donors (Lipinski definition) is 1. The molecule has 0 spiro atoms. The fourth-order valence-electron chi connectivity index (χ4n) is 2.65. The number of halogens is 1. The van der Waals surface area contributed by atoms with Crippen molar-refractivity contribution in [2.45, 2.75) is 31.6 Å². The van der Waals surface area contributed by atoms with Gasteiger partial charge in [-0.2, -0.15) is 4.31 Å². The number of nitrogens with zero attached hydrogens (tertiary/aromatic N) is 1. The lowest BCUT2D eigenvalue weighted by Gasteiger charge is -2.22. The predicted molar refractivity (Wildman–Crippen MR) is 116 cm³/mol. The molecular formula is C21H27BrN2O3S. The van der Waals surface area contributed by atoms with Gasteiger partial charge in [0.15, 0.2) is 0 Å². The van der Waals surface area contributed by atoms with E-state index in [4.69, 9.17) is 0 Å². The van der Waals surface area contributed by atoms with Crippen molar-refractivity contribution in [1.82, 2.24) is 9.62 Å². The first-order valence-corrected chi connectivity index (χ1v) is 11.6. The maximum absolute atomic E-state index is 13.1. The Morgan fingerprint density at radius 1 is 1.07 bits per heavy atom. The number of sulfonamides is 1. The van der Waals surface area contributed by atoms with Crippen LogP contribution in [0, 0.1) is 5.92 Å². The maximum Gasteiger partial charge on any atom is 0.243 e.